The number of carboxylic acid groups (broad SMARTS) is 1. The molecular formula is C14H15BrO4. The van der Waals surface area contributed by atoms with Crippen molar-refractivity contribution in [1.82, 2.24) is 0 Å². The maximum atomic E-state index is 10.5. The molecule has 0 aliphatic rings. The van der Waals surface area contributed by atoms with Crippen molar-refractivity contribution in [1.29, 1.82) is 0 Å². The molecule has 0 unspecified atom stereocenters. The van der Waals surface area contributed by atoms with Crippen LogP contribution < -0.4 is 9.47 Å². The second-order valence-electron chi connectivity index (χ2n) is 3.53. The van der Waals surface area contributed by atoms with Crippen LogP contribution in [0, 0.1) is 0 Å². The van der Waals surface area contributed by atoms with Gasteiger partial charge in [0.1, 0.15) is 6.61 Å². The van der Waals surface area contributed by atoms with Crippen molar-refractivity contribution >= 4 is 28.0 Å². The van der Waals surface area contributed by atoms with Crippen LogP contribution in [0.3, 0.4) is 0 Å². The molecule has 1 aromatic rings. The monoisotopic (exact) mass is 326 g/mol. The van der Waals surface area contributed by atoms with Gasteiger partial charge in [-0.3, -0.25) is 0 Å². The minimum Gasteiger partial charge on any atom is -0.490 e. The first-order valence-electron chi connectivity index (χ1n) is 5.69. The number of halogens is 1. The van der Waals surface area contributed by atoms with Crippen molar-refractivity contribution in [2.45, 2.75) is 6.92 Å². The van der Waals surface area contributed by atoms with Crippen LogP contribution in [-0.4, -0.2) is 24.3 Å². The predicted molar refractivity (Wildman–Crippen MR) is 77.7 cm³/mol. The van der Waals surface area contributed by atoms with Gasteiger partial charge in [0.2, 0.25) is 0 Å². The maximum absolute atomic E-state index is 10.5. The lowest BCUT2D eigenvalue weighted by molar-refractivity contribution is -0.131. The Balaban J connectivity index is 3.12. The lowest BCUT2D eigenvalue weighted by Crippen LogP contribution is -2.00. The molecule has 4 nitrogen and oxygen atoms in total. The highest BCUT2D eigenvalue weighted by molar-refractivity contribution is 9.10. The summed E-state index contributed by atoms with van der Waals surface area (Å²) in [6, 6.07) is 3.49. The summed E-state index contributed by atoms with van der Waals surface area (Å²) in [6.45, 7) is 6.31. The Labute approximate surface area is 120 Å². The summed E-state index contributed by atoms with van der Waals surface area (Å²) in [5, 5.41) is 8.62. The summed E-state index contributed by atoms with van der Waals surface area (Å²) in [5.41, 5.74) is 0.712. The molecule has 0 bridgehead atoms. The van der Waals surface area contributed by atoms with E-state index >= 15 is 0 Å². The van der Waals surface area contributed by atoms with Crippen LogP contribution in [0.4, 0.5) is 0 Å². The fourth-order valence-corrected chi connectivity index (χ4v) is 1.97. The van der Waals surface area contributed by atoms with Crippen LogP contribution in [0.5, 0.6) is 11.5 Å². The standard InChI is InChI=1S/C14H15BrO4/c1-3-7-19-14-11(15)8-10(5-6-13(16)17)9-12(14)18-4-2/h3,5-6,8-9H,1,4,7H2,2H3,(H,16,17)/b6-5+. The molecule has 102 valence electrons. The van der Waals surface area contributed by atoms with E-state index in [0.29, 0.717) is 34.7 Å². The molecule has 0 aromatic heterocycles. The summed E-state index contributed by atoms with van der Waals surface area (Å²) in [4.78, 5) is 10.5. The molecule has 1 N–H and O–H groups in total. The van der Waals surface area contributed by atoms with Crippen LogP contribution in [-0.2, 0) is 4.79 Å². The number of hydrogen-bond acceptors (Lipinski definition) is 3. The summed E-state index contributed by atoms with van der Waals surface area (Å²) in [7, 11) is 0. The average molecular weight is 327 g/mol. The quantitative estimate of drug-likeness (QED) is 0.615. The molecule has 0 heterocycles. The predicted octanol–water partition coefficient (Wildman–Crippen LogP) is 3.51. The molecule has 0 spiro atoms. The van der Waals surface area contributed by atoms with Crippen molar-refractivity contribution in [3.05, 3.63) is 40.9 Å². The Kier molecular flexibility index (Phi) is 6.15. The normalized spacial score (nSPS) is 10.4. The van der Waals surface area contributed by atoms with E-state index in [1.54, 1.807) is 18.2 Å². The summed E-state index contributed by atoms with van der Waals surface area (Å²) >= 11 is 3.38. The number of ether oxygens (including phenoxy) is 2. The first kappa shape index (κ1) is 15.3. The van der Waals surface area contributed by atoms with Gasteiger partial charge >= 0.3 is 5.97 Å². The molecule has 1 aromatic carbocycles. The molecule has 0 saturated carbocycles. The number of benzene rings is 1. The van der Waals surface area contributed by atoms with E-state index in [-0.39, 0.29) is 0 Å². The third-order valence-electron chi connectivity index (χ3n) is 2.10. The fraction of sp³-hybridized carbons (Fsp3) is 0.214. The third-order valence-corrected chi connectivity index (χ3v) is 2.68. The Morgan fingerprint density at radius 3 is 2.79 bits per heavy atom. The van der Waals surface area contributed by atoms with Gasteiger partial charge in [-0.2, -0.15) is 0 Å². The SMILES string of the molecule is C=CCOc1c(Br)cc(/C=C/C(=O)O)cc1OCC. The zero-order valence-electron chi connectivity index (χ0n) is 10.6. The molecule has 0 fully saturated rings. The maximum Gasteiger partial charge on any atom is 0.328 e. The summed E-state index contributed by atoms with van der Waals surface area (Å²) < 4.78 is 11.7. The van der Waals surface area contributed by atoms with E-state index in [2.05, 4.69) is 22.5 Å². The number of carboxylic acids is 1. The van der Waals surface area contributed by atoms with Gasteiger partial charge in [-0.25, -0.2) is 4.79 Å². The zero-order valence-corrected chi connectivity index (χ0v) is 12.1. The average Bonchev–Trinajstić information content (AvgIpc) is 2.36. The lowest BCUT2D eigenvalue weighted by atomic mass is 10.2. The lowest BCUT2D eigenvalue weighted by Gasteiger charge is -2.13. The Hall–Kier alpha value is -1.75. The number of rotatable bonds is 7. The second-order valence-corrected chi connectivity index (χ2v) is 4.39. The molecule has 0 aliphatic heterocycles. The van der Waals surface area contributed by atoms with Crippen LogP contribution in [0.15, 0.2) is 35.3 Å². The Morgan fingerprint density at radius 2 is 2.21 bits per heavy atom. The molecule has 0 aliphatic carbocycles. The number of carbonyl (C=O) groups is 1. The minimum absolute atomic E-state index is 0.364. The van der Waals surface area contributed by atoms with Gasteiger partial charge in [0, 0.05) is 6.08 Å². The highest BCUT2D eigenvalue weighted by Gasteiger charge is 2.11. The molecule has 19 heavy (non-hydrogen) atoms. The van der Waals surface area contributed by atoms with Crippen molar-refractivity contribution < 1.29 is 19.4 Å². The van der Waals surface area contributed by atoms with E-state index < -0.39 is 5.97 Å². The zero-order chi connectivity index (χ0) is 14.3. The largest absolute Gasteiger partial charge is 0.490 e. The highest BCUT2D eigenvalue weighted by atomic mass is 79.9. The highest BCUT2D eigenvalue weighted by Crippen LogP contribution is 2.37. The van der Waals surface area contributed by atoms with E-state index in [1.165, 1.54) is 6.08 Å². The van der Waals surface area contributed by atoms with Crippen molar-refractivity contribution in [2.24, 2.45) is 0 Å². The first-order chi connectivity index (χ1) is 9.08. The van der Waals surface area contributed by atoms with Gasteiger partial charge in [-0.15, -0.1) is 0 Å². The fourth-order valence-electron chi connectivity index (χ4n) is 1.40. The number of hydrogen-bond donors (Lipinski definition) is 1. The minimum atomic E-state index is -0.999. The summed E-state index contributed by atoms with van der Waals surface area (Å²) in [5.74, 6) is 0.138. The molecule has 0 saturated heterocycles. The van der Waals surface area contributed by atoms with Crippen molar-refractivity contribution in [3.63, 3.8) is 0 Å². The van der Waals surface area contributed by atoms with Gasteiger partial charge in [0.05, 0.1) is 11.1 Å². The van der Waals surface area contributed by atoms with Crippen molar-refractivity contribution in [2.75, 3.05) is 13.2 Å². The van der Waals surface area contributed by atoms with E-state index in [1.807, 2.05) is 6.92 Å². The molecule has 0 amide bonds. The topological polar surface area (TPSA) is 55.8 Å². The molecule has 5 heteroatoms. The van der Waals surface area contributed by atoms with E-state index in [9.17, 15) is 4.79 Å². The third kappa shape index (κ3) is 4.79. The first-order valence-corrected chi connectivity index (χ1v) is 6.48. The Morgan fingerprint density at radius 1 is 1.47 bits per heavy atom. The smallest absolute Gasteiger partial charge is 0.328 e. The molecule has 0 atom stereocenters. The van der Waals surface area contributed by atoms with Gasteiger partial charge in [-0.05, 0) is 46.6 Å². The number of aliphatic carboxylic acids is 1. The molecule has 0 radical (unpaired) electrons. The van der Waals surface area contributed by atoms with Crippen LogP contribution >= 0.6 is 15.9 Å². The van der Waals surface area contributed by atoms with Gasteiger partial charge in [-0.1, -0.05) is 12.7 Å². The van der Waals surface area contributed by atoms with Crippen LogP contribution in [0.25, 0.3) is 6.08 Å². The molecule has 1 rings (SSSR count). The summed E-state index contributed by atoms with van der Waals surface area (Å²) in [6.07, 6.45) is 4.20. The van der Waals surface area contributed by atoms with Gasteiger partial charge < -0.3 is 14.6 Å². The van der Waals surface area contributed by atoms with Crippen LogP contribution in [0.1, 0.15) is 12.5 Å². The second kappa shape index (κ2) is 7.63. The van der Waals surface area contributed by atoms with E-state index in [4.69, 9.17) is 14.6 Å². The van der Waals surface area contributed by atoms with Crippen molar-refractivity contribution in [3.8, 4) is 11.5 Å². The molecular weight excluding hydrogens is 312 g/mol. The van der Waals surface area contributed by atoms with Gasteiger partial charge in [0.25, 0.3) is 0 Å². The Bertz CT molecular complexity index is 494. The van der Waals surface area contributed by atoms with Gasteiger partial charge in [0.15, 0.2) is 11.5 Å². The van der Waals surface area contributed by atoms with E-state index in [0.717, 1.165) is 6.08 Å². The van der Waals surface area contributed by atoms with Crippen LogP contribution in [0.2, 0.25) is 0 Å².